The number of rotatable bonds is 2. The van der Waals surface area contributed by atoms with Crippen LogP contribution >= 0.6 is 0 Å². The zero-order chi connectivity index (χ0) is 16.0. The Morgan fingerprint density at radius 2 is 2.17 bits per heavy atom. The maximum Gasteiger partial charge on any atom is 0.234 e. The molecule has 1 aliphatic carbocycles. The Morgan fingerprint density at radius 1 is 1.30 bits per heavy atom. The number of nitrogens with one attached hydrogen (secondary N) is 2. The summed E-state index contributed by atoms with van der Waals surface area (Å²) in [7, 11) is 0. The summed E-state index contributed by atoms with van der Waals surface area (Å²) in [5, 5.41) is 5.84. The van der Waals surface area contributed by atoms with Crippen molar-refractivity contribution in [1.29, 1.82) is 0 Å². The highest BCUT2D eigenvalue weighted by Gasteiger charge is 2.35. The van der Waals surface area contributed by atoms with Crippen molar-refractivity contribution in [2.75, 3.05) is 18.5 Å². The van der Waals surface area contributed by atoms with Gasteiger partial charge in [-0.2, -0.15) is 0 Å². The van der Waals surface area contributed by atoms with Gasteiger partial charge in [-0.1, -0.05) is 13.0 Å². The van der Waals surface area contributed by atoms with Crippen LogP contribution in [-0.4, -0.2) is 25.0 Å². The van der Waals surface area contributed by atoms with E-state index in [1.807, 2.05) is 0 Å². The van der Waals surface area contributed by atoms with Crippen molar-refractivity contribution in [3.8, 4) is 5.75 Å². The predicted molar refractivity (Wildman–Crippen MR) is 87.3 cm³/mol. The van der Waals surface area contributed by atoms with Crippen molar-refractivity contribution in [1.82, 2.24) is 5.32 Å². The lowest BCUT2D eigenvalue weighted by Gasteiger charge is -2.25. The average molecular weight is 312 g/mol. The molecule has 1 fully saturated rings. The first-order valence-electron chi connectivity index (χ1n) is 8.27. The molecule has 0 radical (unpaired) electrons. The van der Waals surface area contributed by atoms with Gasteiger partial charge < -0.3 is 10.1 Å². The SMILES string of the molecule is CCC1C=C(C2CCC(=O)NC2=O)c2cc3c(cc21)NCCO3. The molecule has 120 valence electrons. The first kappa shape index (κ1) is 14.3. The van der Waals surface area contributed by atoms with E-state index in [-0.39, 0.29) is 17.7 Å². The highest BCUT2D eigenvalue weighted by Crippen LogP contribution is 2.47. The molecule has 5 nitrogen and oxygen atoms in total. The molecule has 2 N–H and O–H groups in total. The second kappa shape index (κ2) is 5.41. The molecule has 0 aromatic heterocycles. The van der Waals surface area contributed by atoms with E-state index in [1.165, 1.54) is 5.56 Å². The van der Waals surface area contributed by atoms with Gasteiger partial charge in [0.15, 0.2) is 0 Å². The largest absolute Gasteiger partial charge is 0.490 e. The molecule has 1 saturated heterocycles. The van der Waals surface area contributed by atoms with E-state index in [9.17, 15) is 9.59 Å². The third-order valence-corrected chi connectivity index (χ3v) is 4.97. The van der Waals surface area contributed by atoms with Crippen molar-refractivity contribution in [2.45, 2.75) is 32.1 Å². The Balaban J connectivity index is 1.75. The Kier molecular flexibility index (Phi) is 3.36. The molecule has 2 unspecified atom stereocenters. The maximum absolute atomic E-state index is 12.3. The van der Waals surface area contributed by atoms with Gasteiger partial charge in [0.05, 0.1) is 11.6 Å². The molecule has 3 aliphatic rings. The zero-order valence-electron chi connectivity index (χ0n) is 13.1. The molecule has 2 amide bonds. The minimum Gasteiger partial charge on any atom is -0.490 e. The number of carbonyl (C=O) groups excluding carboxylic acids is 2. The quantitative estimate of drug-likeness (QED) is 0.823. The smallest absolute Gasteiger partial charge is 0.234 e. The number of benzene rings is 1. The fraction of sp³-hybridized carbons (Fsp3) is 0.444. The van der Waals surface area contributed by atoms with Crippen LogP contribution in [0.2, 0.25) is 0 Å². The topological polar surface area (TPSA) is 67.4 Å². The Morgan fingerprint density at radius 3 is 2.96 bits per heavy atom. The summed E-state index contributed by atoms with van der Waals surface area (Å²) in [5.74, 6) is 0.587. The van der Waals surface area contributed by atoms with Crippen molar-refractivity contribution >= 4 is 23.1 Å². The van der Waals surface area contributed by atoms with Gasteiger partial charge in [-0.15, -0.1) is 0 Å². The molecule has 4 rings (SSSR count). The van der Waals surface area contributed by atoms with Gasteiger partial charge in [0.1, 0.15) is 12.4 Å². The molecule has 1 aromatic carbocycles. The second-order valence-corrected chi connectivity index (χ2v) is 6.35. The van der Waals surface area contributed by atoms with E-state index < -0.39 is 0 Å². The normalized spacial score (nSPS) is 25.7. The van der Waals surface area contributed by atoms with Crippen LogP contribution in [-0.2, 0) is 9.59 Å². The number of hydrogen-bond donors (Lipinski definition) is 2. The van der Waals surface area contributed by atoms with Crippen LogP contribution < -0.4 is 15.4 Å². The molecule has 0 spiro atoms. The number of carbonyl (C=O) groups is 2. The molecule has 2 aliphatic heterocycles. The first-order valence-corrected chi connectivity index (χ1v) is 8.27. The van der Waals surface area contributed by atoms with Crippen molar-refractivity contribution in [3.63, 3.8) is 0 Å². The van der Waals surface area contributed by atoms with E-state index in [2.05, 4.69) is 35.8 Å². The number of fused-ring (bicyclic) bond motifs is 2. The summed E-state index contributed by atoms with van der Waals surface area (Å²) in [4.78, 5) is 23.7. The van der Waals surface area contributed by atoms with Crippen molar-refractivity contribution in [3.05, 3.63) is 29.3 Å². The summed E-state index contributed by atoms with van der Waals surface area (Å²) in [6, 6.07) is 4.22. The Bertz CT molecular complexity index is 723. The van der Waals surface area contributed by atoms with Gasteiger partial charge in [-0.3, -0.25) is 14.9 Å². The van der Waals surface area contributed by atoms with E-state index in [0.29, 0.717) is 25.4 Å². The molecule has 0 saturated carbocycles. The van der Waals surface area contributed by atoms with Crippen LogP contribution in [0, 0.1) is 5.92 Å². The third kappa shape index (κ3) is 2.31. The molecule has 1 aromatic rings. The van der Waals surface area contributed by atoms with Crippen molar-refractivity contribution in [2.24, 2.45) is 5.92 Å². The summed E-state index contributed by atoms with van der Waals surface area (Å²) in [6.45, 7) is 3.62. The van der Waals surface area contributed by atoms with Gasteiger partial charge in [-0.25, -0.2) is 0 Å². The number of amides is 2. The van der Waals surface area contributed by atoms with Crippen LogP contribution in [0.5, 0.6) is 5.75 Å². The molecule has 2 heterocycles. The van der Waals surface area contributed by atoms with Gasteiger partial charge in [0.2, 0.25) is 11.8 Å². The summed E-state index contributed by atoms with van der Waals surface area (Å²) in [5.41, 5.74) is 4.44. The molecular weight excluding hydrogens is 292 g/mol. The van der Waals surface area contributed by atoms with Crippen LogP contribution in [0.3, 0.4) is 0 Å². The van der Waals surface area contributed by atoms with Crippen LogP contribution in [0.15, 0.2) is 18.2 Å². The summed E-state index contributed by atoms with van der Waals surface area (Å²) in [6.07, 6.45) is 4.19. The third-order valence-electron chi connectivity index (χ3n) is 4.97. The van der Waals surface area contributed by atoms with Crippen molar-refractivity contribution < 1.29 is 14.3 Å². The minimum atomic E-state index is -0.238. The van der Waals surface area contributed by atoms with E-state index in [0.717, 1.165) is 35.5 Å². The van der Waals surface area contributed by atoms with Gasteiger partial charge in [0, 0.05) is 18.9 Å². The fourth-order valence-corrected chi connectivity index (χ4v) is 3.79. The minimum absolute atomic E-state index is 0.171. The number of allylic oxidation sites excluding steroid dienone is 1. The first-order chi connectivity index (χ1) is 11.2. The highest BCUT2D eigenvalue weighted by molar-refractivity contribution is 6.05. The molecular formula is C18H20N2O3. The molecule has 5 heteroatoms. The average Bonchev–Trinajstić information content (AvgIpc) is 2.90. The van der Waals surface area contributed by atoms with Gasteiger partial charge in [0.25, 0.3) is 0 Å². The molecule has 0 bridgehead atoms. The fourth-order valence-electron chi connectivity index (χ4n) is 3.79. The predicted octanol–water partition coefficient (Wildman–Crippen LogP) is 2.43. The van der Waals surface area contributed by atoms with Gasteiger partial charge >= 0.3 is 0 Å². The lowest BCUT2D eigenvalue weighted by molar-refractivity contribution is -0.134. The monoisotopic (exact) mass is 312 g/mol. The Labute approximate surface area is 135 Å². The number of ether oxygens (including phenoxy) is 1. The maximum atomic E-state index is 12.3. The van der Waals surface area contributed by atoms with Crippen LogP contribution in [0.25, 0.3) is 5.57 Å². The molecule has 2 atom stereocenters. The standard InChI is InChI=1S/C18H20N2O3/c1-2-10-7-13(11-3-4-17(21)20-18(11)22)14-9-16-15(8-12(10)14)19-5-6-23-16/h7-11,19H,2-6H2,1H3,(H,20,21,22). The second-order valence-electron chi connectivity index (χ2n) is 6.35. The van der Waals surface area contributed by atoms with Crippen LogP contribution in [0.1, 0.15) is 43.2 Å². The van der Waals surface area contributed by atoms with E-state index in [1.54, 1.807) is 0 Å². The lowest BCUT2D eigenvalue weighted by Crippen LogP contribution is -2.41. The van der Waals surface area contributed by atoms with Gasteiger partial charge in [-0.05, 0) is 41.7 Å². The van der Waals surface area contributed by atoms with E-state index >= 15 is 0 Å². The molecule has 23 heavy (non-hydrogen) atoms. The van der Waals surface area contributed by atoms with E-state index in [4.69, 9.17) is 4.74 Å². The zero-order valence-corrected chi connectivity index (χ0v) is 13.1. The summed E-state index contributed by atoms with van der Waals surface area (Å²) >= 11 is 0. The number of imide groups is 1. The lowest BCUT2D eigenvalue weighted by atomic mass is 9.87. The number of piperidine rings is 1. The van der Waals surface area contributed by atoms with Crippen LogP contribution in [0.4, 0.5) is 5.69 Å². The number of anilines is 1. The highest BCUT2D eigenvalue weighted by atomic mass is 16.5. The summed E-state index contributed by atoms with van der Waals surface area (Å²) < 4.78 is 5.75. The number of hydrogen-bond acceptors (Lipinski definition) is 4. The Hall–Kier alpha value is -2.30.